The first-order valence-electron chi connectivity index (χ1n) is 5.00. The molecule has 15 heavy (non-hydrogen) atoms. The van der Waals surface area contributed by atoms with Crippen LogP contribution in [0.2, 0.25) is 5.02 Å². The molecular formula is C11H13ClN2S. The molecule has 1 aromatic carbocycles. The molecule has 0 bridgehead atoms. The Morgan fingerprint density at radius 2 is 2.13 bits per heavy atom. The summed E-state index contributed by atoms with van der Waals surface area (Å²) < 4.78 is 0. The second kappa shape index (κ2) is 5.42. The van der Waals surface area contributed by atoms with Crippen LogP contribution in [0.1, 0.15) is 12.0 Å². The Morgan fingerprint density at radius 3 is 2.80 bits per heavy atom. The smallest absolute Gasteiger partial charge is 0.156 e. The number of hydrogen-bond donors (Lipinski definition) is 1. The molecule has 0 aromatic heterocycles. The molecule has 2 nitrogen and oxygen atoms in total. The van der Waals surface area contributed by atoms with Gasteiger partial charge >= 0.3 is 0 Å². The maximum Gasteiger partial charge on any atom is 0.156 e. The number of aliphatic imine (C=N–C) groups is 1. The Kier molecular flexibility index (Phi) is 3.92. The molecule has 4 heteroatoms. The predicted octanol–water partition coefficient (Wildman–Crippen LogP) is 2.92. The van der Waals surface area contributed by atoms with Gasteiger partial charge in [-0.3, -0.25) is 4.99 Å². The average Bonchev–Trinajstić information content (AvgIpc) is 2.30. The fourth-order valence-electron chi connectivity index (χ4n) is 1.34. The molecule has 0 fully saturated rings. The lowest BCUT2D eigenvalue weighted by Gasteiger charge is -2.13. The topological polar surface area (TPSA) is 24.4 Å². The van der Waals surface area contributed by atoms with E-state index in [2.05, 4.69) is 22.4 Å². The molecule has 0 saturated carbocycles. The summed E-state index contributed by atoms with van der Waals surface area (Å²) >= 11 is 7.57. The van der Waals surface area contributed by atoms with Crippen molar-refractivity contribution in [2.45, 2.75) is 12.2 Å². The summed E-state index contributed by atoms with van der Waals surface area (Å²) in [6.07, 6.45) is 1.14. The van der Waals surface area contributed by atoms with Gasteiger partial charge in [-0.05, 0) is 24.1 Å². The van der Waals surface area contributed by atoms with Gasteiger partial charge < -0.3 is 5.32 Å². The largest absolute Gasteiger partial charge is 0.365 e. The summed E-state index contributed by atoms with van der Waals surface area (Å²) in [6.45, 7) is 2.00. The van der Waals surface area contributed by atoms with Crippen molar-refractivity contribution >= 4 is 28.5 Å². The number of nitrogens with one attached hydrogen (secondary N) is 1. The molecule has 0 saturated heterocycles. The molecule has 0 amide bonds. The highest BCUT2D eigenvalue weighted by Crippen LogP contribution is 2.16. The van der Waals surface area contributed by atoms with Gasteiger partial charge in [-0.2, -0.15) is 0 Å². The zero-order valence-electron chi connectivity index (χ0n) is 8.37. The number of thioether (sulfide) groups is 1. The van der Waals surface area contributed by atoms with Gasteiger partial charge in [-0.1, -0.05) is 35.5 Å². The molecule has 0 unspecified atom stereocenters. The minimum absolute atomic E-state index is 0.789. The Balaban J connectivity index is 1.87. The lowest BCUT2D eigenvalue weighted by molar-refractivity contribution is 0.751. The first-order valence-corrected chi connectivity index (χ1v) is 6.36. The molecule has 1 aromatic rings. The molecule has 1 aliphatic rings. The number of hydrogen-bond acceptors (Lipinski definition) is 3. The number of amidine groups is 1. The zero-order valence-corrected chi connectivity index (χ0v) is 9.94. The lowest BCUT2D eigenvalue weighted by atomic mass is 10.2. The second-order valence-electron chi connectivity index (χ2n) is 3.38. The molecule has 1 N–H and O–H groups in total. The lowest BCUT2D eigenvalue weighted by Crippen LogP contribution is -2.26. The van der Waals surface area contributed by atoms with E-state index in [4.69, 9.17) is 11.6 Å². The first-order chi connectivity index (χ1) is 7.34. The summed E-state index contributed by atoms with van der Waals surface area (Å²) in [6, 6.07) is 7.96. The molecule has 0 atom stereocenters. The van der Waals surface area contributed by atoms with Crippen molar-refractivity contribution in [1.82, 2.24) is 5.32 Å². The summed E-state index contributed by atoms with van der Waals surface area (Å²) in [5.74, 6) is 0.947. The van der Waals surface area contributed by atoms with E-state index in [0.29, 0.717) is 0 Å². The first kappa shape index (κ1) is 10.8. The number of benzene rings is 1. The molecule has 0 aliphatic carbocycles. The third-order valence-corrected chi connectivity index (χ3v) is 3.43. The molecular weight excluding hydrogens is 228 g/mol. The fraction of sp³-hybridized carbons (Fsp3) is 0.364. The van der Waals surface area contributed by atoms with E-state index in [1.807, 2.05) is 12.1 Å². The van der Waals surface area contributed by atoms with Crippen LogP contribution in [0.15, 0.2) is 29.3 Å². The van der Waals surface area contributed by atoms with Gasteiger partial charge in [-0.25, -0.2) is 0 Å². The van der Waals surface area contributed by atoms with E-state index in [9.17, 15) is 0 Å². The molecule has 80 valence electrons. The Hall–Kier alpha value is -0.670. The van der Waals surface area contributed by atoms with Crippen molar-refractivity contribution in [3.05, 3.63) is 34.9 Å². The Labute approximate surface area is 99.1 Å². The highest BCUT2D eigenvalue weighted by atomic mass is 35.5. The molecule has 0 radical (unpaired) electrons. The minimum Gasteiger partial charge on any atom is -0.365 e. The van der Waals surface area contributed by atoms with Crippen LogP contribution in [0.3, 0.4) is 0 Å². The molecule has 2 rings (SSSR count). The number of halogens is 1. The third kappa shape index (κ3) is 3.43. The Morgan fingerprint density at radius 1 is 1.33 bits per heavy atom. The van der Waals surface area contributed by atoms with Crippen LogP contribution in [0.5, 0.6) is 0 Å². The van der Waals surface area contributed by atoms with Crippen molar-refractivity contribution in [2.24, 2.45) is 4.99 Å². The van der Waals surface area contributed by atoms with E-state index in [1.54, 1.807) is 11.8 Å². The van der Waals surface area contributed by atoms with Crippen LogP contribution >= 0.6 is 23.4 Å². The van der Waals surface area contributed by atoms with E-state index in [-0.39, 0.29) is 0 Å². The van der Waals surface area contributed by atoms with Gasteiger partial charge in [0.25, 0.3) is 0 Å². The van der Waals surface area contributed by atoms with E-state index >= 15 is 0 Å². The molecule has 1 aliphatic heterocycles. The summed E-state index contributed by atoms with van der Waals surface area (Å²) in [5, 5.41) is 5.14. The van der Waals surface area contributed by atoms with Crippen molar-refractivity contribution in [3.63, 3.8) is 0 Å². The van der Waals surface area contributed by atoms with E-state index in [0.717, 1.165) is 35.5 Å². The van der Waals surface area contributed by atoms with Crippen LogP contribution in [0, 0.1) is 0 Å². The van der Waals surface area contributed by atoms with Crippen LogP contribution in [-0.2, 0) is 5.75 Å². The maximum absolute atomic E-state index is 5.82. The fourth-order valence-corrected chi connectivity index (χ4v) is 2.35. The highest BCUT2D eigenvalue weighted by Gasteiger charge is 2.04. The van der Waals surface area contributed by atoms with Gasteiger partial charge in [-0.15, -0.1) is 0 Å². The van der Waals surface area contributed by atoms with Crippen molar-refractivity contribution in [2.75, 3.05) is 13.1 Å². The van der Waals surface area contributed by atoms with Crippen molar-refractivity contribution in [3.8, 4) is 0 Å². The van der Waals surface area contributed by atoms with Crippen molar-refractivity contribution in [1.29, 1.82) is 0 Å². The normalized spacial score (nSPS) is 15.7. The number of nitrogens with zero attached hydrogens (tertiary/aromatic N) is 1. The average molecular weight is 241 g/mol. The maximum atomic E-state index is 5.82. The van der Waals surface area contributed by atoms with Gasteiger partial charge in [0.1, 0.15) is 0 Å². The SMILES string of the molecule is Clc1ccc(CSC2=NCCCN2)cc1. The monoisotopic (exact) mass is 240 g/mol. The van der Waals surface area contributed by atoms with Crippen LogP contribution < -0.4 is 5.32 Å². The van der Waals surface area contributed by atoms with Crippen LogP contribution in [-0.4, -0.2) is 18.3 Å². The summed E-state index contributed by atoms with van der Waals surface area (Å²) in [5.41, 5.74) is 1.28. The van der Waals surface area contributed by atoms with Crippen LogP contribution in [0.25, 0.3) is 0 Å². The quantitative estimate of drug-likeness (QED) is 0.860. The van der Waals surface area contributed by atoms with E-state index < -0.39 is 0 Å². The third-order valence-electron chi connectivity index (χ3n) is 2.16. The minimum atomic E-state index is 0.789. The molecule has 0 spiro atoms. The van der Waals surface area contributed by atoms with Gasteiger partial charge in [0, 0.05) is 23.9 Å². The zero-order chi connectivity index (χ0) is 10.5. The second-order valence-corrected chi connectivity index (χ2v) is 4.78. The number of rotatable bonds is 2. The molecule has 1 heterocycles. The van der Waals surface area contributed by atoms with Crippen LogP contribution in [0.4, 0.5) is 0 Å². The Bertz CT molecular complexity index is 348. The summed E-state index contributed by atoms with van der Waals surface area (Å²) in [7, 11) is 0. The van der Waals surface area contributed by atoms with E-state index in [1.165, 1.54) is 5.56 Å². The summed E-state index contributed by atoms with van der Waals surface area (Å²) in [4.78, 5) is 4.40. The van der Waals surface area contributed by atoms with Crippen molar-refractivity contribution < 1.29 is 0 Å². The standard InChI is InChI=1S/C11H13ClN2S/c12-10-4-2-9(3-5-10)8-15-11-13-6-1-7-14-11/h2-5H,1,6-8H2,(H,13,14). The highest BCUT2D eigenvalue weighted by molar-refractivity contribution is 8.13. The van der Waals surface area contributed by atoms with Gasteiger partial charge in [0.05, 0.1) is 0 Å². The van der Waals surface area contributed by atoms with Gasteiger partial charge in [0.15, 0.2) is 5.17 Å². The predicted molar refractivity (Wildman–Crippen MR) is 67.7 cm³/mol. The van der Waals surface area contributed by atoms with Gasteiger partial charge in [0.2, 0.25) is 0 Å².